The second-order valence-electron chi connectivity index (χ2n) is 3.21. The van der Waals surface area contributed by atoms with Gasteiger partial charge in [0.15, 0.2) is 12.0 Å². The molecule has 0 amide bonds. The van der Waals surface area contributed by atoms with Crippen LogP contribution in [0.1, 0.15) is 23.7 Å². The van der Waals surface area contributed by atoms with Crippen molar-refractivity contribution in [1.29, 1.82) is 0 Å². The summed E-state index contributed by atoms with van der Waals surface area (Å²) in [7, 11) is 0. The van der Waals surface area contributed by atoms with Gasteiger partial charge in [0, 0.05) is 5.56 Å². The molecule has 0 aliphatic heterocycles. The molecule has 0 N–H and O–H groups in total. The molecule has 1 aromatic rings. The van der Waals surface area contributed by atoms with Crippen LogP contribution >= 0.6 is 0 Å². The van der Waals surface area contributed by atoms with Crippen LogP contribution in [0.5, 0.6) is 0 Å². The highest BCUT2D eigenvalue weighted by atomic mass is 19.1. The van der Waals surface area contributed by atoms with Gasteiger partial charge >= 0.3 is 5.97 Å². The molecule has 3 nitrogen and oxygen atoms in total. The van der Waals surface area contributed by atoms with Crippen molar-refractivity contribution in [3.05, 3.63) is 35.9 Å². The fraction of sp³-hybridized carbons (Fsp3) is 0.333. The fourth-order valence-corrected chi connectivity index (χ4v) is 1.24. The predicted molar refractivity (Wildman–Crippen MR) is 56.9 cm³/mol. The monoisotopic (exact) mass is 224 g/mol. The van der Waals surface area contributed by atoms with E-state index in [0.717, 1.165) is 0 Å². The lowest BCUT2D eigenvalue weighted by atomic mass is 10.1. The Labute approximate surface area is 93.2 Å². The molecule has 16 heavy (non-hydrogen) atoms. The number of Topliss-reactive ketones (excluding diaryl/α,β-unsaturated/α-hetero) is 1. The van der Waals surface area contributed by atoms with Gasteiger partial charge in [-0.15, -0.1) is 0 Å². The Morgan fingerprint density at radius 1 is 1.31 bits per heavy atom. The number of alkyl halides is 1. The van der Waals surface area contributed by atoms with Gasteiger partial charge in [-0.05, 0) is 6.92 Å². The summed E-state index contributed by atoms with van der Waals surface area (Å²) in [6, 6.07) is 8.05. The first-order valence-electron chi connectivity index (χ1n) is 5.04. The highest BCUT2D eigenvalue weighted by molar-refractivity contribution is 6.00. The van der Waals surface area contributed by atoms with Crippen molar-refractivity contribution >= 4 is 11.8 Å². The molecule has 4 heteroatoms. The van der Waals surface area contributed by atoms with Gasteiger partial charge in [-0.25, -0.2) is 4.39 Å². The number of benzene rings is 1. The molecule has 0 saturated heterocycles. The van der Waals surface area contributed by atoms with Crippen molar-refractivity contribution in [2.45, 2.75) is 19.5 Å². The number of ether oxygens (including phenoxy) is 1. The summed E-state index contributed by atoms with van der Waals surface area (Å²) in [5.74, 6) is -1.38. The quantitative estimate of drug-likeness (QED) is 0.568. The summed E-state index contributed by atoms with van der Waals surface area (Å²) in [5.41, 5.74) is 0.263. The van der Waals surface area contributed by atoms with E-state index in [1.54, 1.807) is 25.1 Å². The third-order valence-corrected chi connectivity index (χ3v) is 1.99. The maximum Gasteiger partial charge on any atom is 0.309 e. The van der Waals surface area contributed by atoms with Crippen LogP contribution in [0, 0.1) is 0 Å². The maximum absolute atomic E-state index is 13.4. The molecule has 0 fully saturated rings. The average molecular weight is 224 g/mol. The van der Waals surface area contributed by atoms with E-state index < -0.39 is 24.3 Å². The number of hydrogen-bond donors (Lipinski definition) is 0. The molecule has 86 valence electrons. The number of carbonyl (C=O) groups excluding carboxylic acids is 2. The van der Waals surface area contributed by atoms with Crippen molar-refractivity contribution in [3.8, 4) is 0 Å². The third kappa shape index (κ3) is 3.46. The molecular formula is C12H13FO3. The number of carbonyl (C=O) groups is 2. The SMILES string of the molecule is CCOC(=O)CC(F)C(=O)c1ccccc1. The zero-order valence-electron chi connectivity index (χ0n) is 8.98. The number of ketones is 1. The number of halogens is 1. The van der Waals surface area contributed by atoms with E-state index in [9.17, 15) is 14.0 Å². The molecule has 0 aromatic heterocycles. The van der Waals surface area contributed by atoms with Crippen molar-refractivity contribution in [2.24, 2.45) is 0 Å². The fourth-order valence-electron chi connectivity index (χ4n) is 1.24. The van der Waals surface area contributed by atoms with Gasteiger partial charge in [0.2, 0.25) is 0 Å². The second-order valence-corrected chi connectivity index (χ2v) is 3.21. The van der Waals surface area contributed by atoms with E-state index in [1.807, 2.05) is 0 Å². The molecule has 0 bridgehead atoms. The lowest BCUT2D eigenvalue weighted by Gasteiger charge is -2.06. The Morgan fingerprint density at radius 3 is 2.50 bits per heavy atom. The van der Waals surface area contributed by atoms with Crippen LogP contribution in [-0.4, -0.2) is 24.5 Å². The summed E-state index contributed by atoms with van der Waals surface area (Å²) in [6.45, 7) is 1.81. The standard InChI is InChI=1S/C12H13FO3/c1-2-16-11(14)8-10(13)12(15)9-6-4-3-5-7-9/h3-7,10H,2,8H2,1H3. The summed E-state index contributed by atoms with van der Waals surface area (Å²) in [4.78, 5) is 22.5. The van der Waals surface area contributed by atoms with Gasteiger partial charge in [-0.1, -0.05) is 30.3 Å². The van der Waals surface area contributed by atoms with Crippen LogP contribution in [0.25, 0.3) is 0 Å². The van der Waals surface area contributed by atoms with Crippen LogP contribution in [0.4, 0.5) is 4.39 Å². The van der Waals surface area contributed by atoms with Crippen LogP contribution in [0.15, 0.2) is 30.3 Å². The maximum atomic E-state index is 13.4. The number of rotatable bonds is 5. The zero-order valence-corrected chi connectivity index (χ0v) is 8.98. The van der Waals surface area contributed by atoms with E-state index in [-0.39, 0.29) is 12.2 Å². The summed E-state index contributed by atoms with van der Waals surface area (Å²) >= 11 is 0. The molecular weight excluding hydrogens is 211 g/mol. The molecule has 0 heterocycles. The molecule has 0 aliphatic carbocycles. The minimum absolute atomic E-state index is 0.186. The first-order chi connectivity index (χ1) is 7.65. The minimum Gasteiger partial charge on any atom is -0.466 e. The Kier molecular flexibility index (Phi) is 4.64. The topological polar surface area (TPSA) is 43.4 Å². The van der Waals surface area contributed by atoms with Gasteiger partial charge in [-0.3, -0.25) is 9.59 Å². The second kappa shape index (κ2) is 6.00. The van der Waals surface area contributed by atoms with E-state index in [0.29, 0.717) is 0 Å². The molecule has 0 aliphatic rings. The highest BCUT2D eigenvalue weighted by Crippen LogP contribution is 2.09. The first kappa shape index (κ1) is 12.4. The summed E-state index contributed by atoms with van der Waals surface area (Å²) in [5, 5.41) is 0. The summed E-state index contributed by atoms with van der Waals surface area (Å²) < 4.78 is 18.0. The van der Waals surface area contributed by atoms with Gasteiger partial charge in [-0.2, -0.15) is 0 Å². The van der Waals surface area contributed by atoms with Gasteiger partial charge < -0.3 is 4.74 Å². The Morgan fingerprint density at radius 2 is 1.94 bits per heavy atom. The predicted octanol–water partition coefficient (Wildman–Crippen LogP) is 2.16. The molecule has 1 atom stereocenters. The largest absolute Gasteiger partial charge is 0.466 e. The van der Waals surface area contributed by atoms with Crippen LogP contribution in [0.2, 0.25) is 0 Å². The molecule has 1 unspecified atom stereocenters. The van der Waals surface area contributed by atoms with Crippen molar-refractivity contribution < 1.29 is 18.7 Å². The van der Waals surface area contributed by atoms with Crippen molar-refractivity contribution in [1.82, 2.24) is 0 Å². The van der Waals surface area contributed by atoms with E-state index in [2.05, 4.69) is 4.74 Å². The lowest BCUT2D eigenvalue weighted by Crippen LogP contribution is -2.21. The van der Waals surface area contributed by atoms with E-state index in [4.69, 9.17) is 0 Å². The smallest absolute Gasteiger partial charge is 0.309 e. The Bertz CT molecular complexity index is 362. The number of esters is 1. The third-order valence-electron chi connectivity index (χ3n) is 1.99. The van der Waals surface area contributed by atoms with Gasteiger partial charge in [0.25, 0.3) is 0 Å². The Balaban J connectivity index is 2.58. The van der Waals surface area contributed by atoms with Gasteiger partial charge in [0.05, 0.1) is 13.0 Å². The minimum atomic E-state index is -1.83. The van der Waals surface area contributed by atoms with Crippen molar-refractivity contribution in [3.63, 3.8) is 0 Å². The number of hydrogen-bond acceptors (Lipinski definition) is 3. The zero-order chi connectivity index (χ0) is 12.0. The van der Waals surface area contributed by atoms with Crippen LogP contribution in [0.3, 0.4) is 0 Å². The molecule has 0 spiro atoms. The lowest BCUT2D eigenvalue weighted by molar-refractivity contribution is -0.144. The average Bonchev–Trinajstić information content (AvgIpc) is 2.29. The van der Waals surface area contributed by atoms with E-state index >= 15 is 0 Å². The molecule has 1 aromatic carbocycles. The molecule has 1 rings (SSSR count). The molecule has 0 saturated carbocycles. The normalized spacial score (nSPS) is 11.9. The van der Waals surface area contributed by atoms with Crippen LogP contribution < -0.4 is 0 Å². The van der Waals surface area contributed by atoms with Crippen LogP contribution in [-0.2, 0) is 9.53 Å². The molecule has 0 radical (unpaired) electrons. The van der Waals surface area contributed by atoms with Gasteiger partial charge in [0.1, 0.15) is 0 Å². The first-order valence-corrected chi connectivity index (χ1v) is 5.04. The Hall–Kier alpha value is -1.71. The summed E-state index contributed by atoms with van der Waals surface area (Å²) in [6.07, 6.45) is -2.36. The highest BCUT2D eigenvalue weighted by Gasteiger charge is 2.22. The van der Waals surface area contributed by atoms with E-state index in [1.165, 1.54) is 12.1 Å². The van der Waals surface area contributed by atoms with Crippen molar-refractivity contribution in [2.75, 3.05) is 6.61 Å².